The van der Waals surface area contributed by atoms with E-state index in [0.717, 1.165) is 0 Å². The van der Waals surface area contributed by atoms with Crippen molar-refractivity contribution in [1.82, 2.24) is 6.15 Å². The van der Waals surface area contributed by atoms with Gasteiger partial charge >= 0.3 is 0 Å². The van der Waals surface area contributed by atoms with E-state index in [-0.39, 0.29) is 6.15 Å². The Bertz CT molecular complexity index is 42.7. The Kier molecular flexibility index (Phi) is 4.99. The van der Waals surface area contributed by atoms with E-state index in [9.17, 15) is 0 Å². The van der Waals surface area contributed by atoms with Crippen molar-refractivity contribution in [3.8, 4) is 0 Å². The Morgan fingerprint density at radius 1 is 1.57 bits per heavy atom. The molecule has 0 bridgehead atoms. The van der Waals surface area contributed by atoms with Gasteiger partial charge in [-0.1, -0.05) is 6.92 Å². The lowest BCUT2D eigenvalue weighted by Crippen LogP contribution is -2.15. The fraction of sp³-hybridized carbons (Fsp3) is 1.00. The van der Waals surface area contributed by atoms with Crippen molar-refractivity contribution >= 4 is 15.9 Å². The number of hydrogen-bond donors (Lipinski definition) is 3. The van der Waals surface area contributed by atoms with Gasteiger partial charge in [0.2, 0.25) is 4.70 Å². The molecule has 0 atom stereocenters. The lowest BCUT2D eigenvalue weighted by Gasteiger charge is -2.07. The molecule has 0 saturated heterocycles. The SMILES string of the molecule is CCC(O)(O)Br.N. The van der Waals surface area contributed by atoms with Gasteiger partial charge in [0.25, 0.3) is 0 Å². The van der Waals surface area contributed by atoms with Crippen LogP contribution in [0.4, 0.5) is 0 Å². The predicted octanol–water partition coefficient (Wildman–Crippen LogP) is 0.592. The van der Waals surface area contributed by atoms with E-state index in [0.29, 0.717) is 6.42 Å². The molecular formula is C3H10BrNO2. The van der Waals surface area contributed by atoms with Gasteiger partial charge in [0, 0.05) is 6.42 Å². The first kappa shape index (κ1) is 10.4. The minimum Gasteiger partial charge on any atom is -0.357 e. The van der Waals surface area contributed by atoms with Gasteiger partial charge in [-0.15, -0.1) is 0 Å². The van der Waals surface area contributed by atoms with Crippen molar-refractivity contribution in [3.05, 3.63) is 0 Å². The van der Waals surface area contributed by atoms with Crippen LogP contribution in [0.2, 0.25) is 0 Å². The van der Waals surface area contributed by atoms with Crippen molar-refractivity contribution < 1.29 is 10.2 Å². The molecular weight excluding hydrogens is 162 g/mol. The first-order valence-electron chi connectivity index (χ1n) is 1.70. The second kappa shape index (κ2) is 3.37. The van der Waals surface area contributed by atoms with Crippen LogP contribution in [0, 0.1) is 0 Å². The van der Waals surface area contributed by atoms with Gasteiger partial charge in [-0.2, -0.15) is 0 Å². The molecule has 0 amide bonds. The summed E-state index contributed by atoms with van der Waals surface area (Å²) < 4.78 is -1.65. The van der Waals surface area contributed by atoms with E-state index in [1.54, 1.807) is 6.92 Å². The van der Waals surface area contributed by atoms with Crippen LogP contribution in [0.25, 0.3) is 0 Å². The van der Waals surface area contributed by atoms with Crippen LogP contribution in [0.15, 0.2) is 0 Å². The molecule has 0 fully saturated rings. The zero-order valence-electron chi connectivity index (χ0n) is 4.19. The molecule has 4 heteroatoms. The minimum atomic E-state index is -1.65. The molecule has 0 heterocycles. The van der Waals surface area contributed by atoms with Gasteiger partial charge in [0.05, 0.1) is 0 Å². The summed E-state index contributed by atoms with van der Waals surface area (Å²) >= 11 is 2.59. The molecule has 0 aromatic rings. The fourth-order valence-electron chi connectivity index (χ4n) is 0. The third-order valence-electron chi connectivity index (χ3n) is 0.450. The summed E-state index contributed by atoms with van der Waals surface area (Å²) in [5.41, 5.74) is 0. The van der Waals surface area contributed by atoms with E-state index < -0.39 is 4.70 Å². The molecule has 0 saturated carbocycles. The zero-order chi connectivity index (χ0) is 5.21. The summed E-state index contributed by atoms with van der Waals surface area (Å²) in [6.45, 7) is 1.66. The standard InChI is InChI=1S/C3H7BrO2.H3N/c1-2-3(4,5)6;/h5-6H,2H2,1H3;1H3. The molecule has 46 valence electrons. The number of halogens is 1. The molecule has 0 aliphatic heterocycles. The Balaban J connectivity index is 0. The Morgan fingerprint density at radius 2 is 1.71 bits per heavy atom. The summed E-state index contributed by atoms with van der Waals surface area (Å²) in [5.74, 6) is 0. The van der Waals surface area contributed by atoms with E-state index in [1.807, 2.05) is 0 Å². The third kappa shape index (κ3) is 10.7. The molecule has 3 nitrogen and oxygen atoms in total. The Labute approximate surface area is 51.1 Å². The van der Waals surface area contributed by atoms with Crippen molar-refractivity contribution in [3.63, 3.8) is 0 Å². The van der Waals surface area contributed by atoms with E-state index >= 15 is 0 Å². The van der Waals surface area contributed by atoms with Crippen molar-refractivity contribution in [1.29, 1.82) is 0 Å². The summed E-state index contributed by atoms with van der Waals surface area (Å²) in [7, 11) is 0. The molecule has 0 unspecified atom stereocenters. The van der Waals surface area contributed by atoms with Crippen molar-refractivity contribution in [2.45, 2.75) is 18.0 Å². The van der Waals surface area contributed by atoms with Crippen LogP contribution in [-0.2, 0) is 0 Å². The first-order chi connectivity index (χ1) is 2.56. The van der Waals surface area contributed by atoms with Gasteiger partial charge < -0.3 is 16.4 Å². The van der Waals surface area contributed by atoms with Crippen LogP contribution in [0.5, 0.6) is 0 Å². The Hall–Kier alpha value is 0.360. The van der Waals surface area contributed by atoms with E-state index in [4.69, 9.17) is 10.2 Å². The quantitative estimate of drug-likeness (QED) is 0.400. The van der Waals surface area contributed by atoms with Crippen LogP contribution in [-0.4, -0.2) is 14.9 Å². The lowest BCUT2D eigenvalue weighted by atomic mass is 10.5. The second-order valence-electron chi connectivity index (χ2n) is 1.07. The highest BCUT2D eigenvalue weighted by Gasteiger charge is 2.11. The maximum absolute atomic E-state index is 8.30. The van der Waals surface area contributed by atoms with Crippen LogP contribution < -0.4 is 6.15 Å². The normalized spacial score (nSPS) is 10.3. The van der Waals surface area contributed by atoms with Gasteiger partial charge in [-0.05, 0) is 15.9 Å². The molecule has 0 rings (SSSR count). The largest absolute Gasteiger partial charge is 0.357 e. The lowest BCUT2D eigenvalue weighted by molar-refractivity contribution is -0.0702. The fourth-order valence-corrected chi connectivity index (χ4v) is 0. The first-order valence-corrected chi connectivity index (χ1v) is 2.49. The molecule has 0 radical (unpaired) electrons. The monoisotopic (exact) mass is 171 g/mol. The zero-order valence-corrected chi connectivity index (χ0v) is 5.77. The molecule has 0 aliphatic carbocycles. The van der Waals surface area contributed by atoms with Crippen molar-refractivity contribution in [2.75, 3.05) is 0 Å². The van der Waals surface area contributed by atoms with Crippen LogP contribution >= 0.6 is 15.9 Å². The van der Waals surface area contributed by atoms with Gasteiger partial charge in [0.1, 0.15) is 0 Å². The highest BCUT2D eigenvalue weighted by Crippen LogP contribution is 2.11. The van der Waals surface area contributed by atoms with Gasteiger partial charge in [-0.25, -0.2) is 0 Å². The molecule has 7 heavy (non-hydrogen) atoms. The molecule has 5 N–H and O–H groups in total. The summed E-state index contributed by atoms with van der Waals surface area (Å²) in [4.78, 5) is 0. The number of hydrogen-bond acceptors (Lipinski definition) is 3. The Morgan fingerprint density at radius 3 is 1.71 bits per heavy atom. The average molecular weight is 172 g/mol. The number of alkyl halides is 1. The molecule has 0 aromatic carbocycles. The number of aliphatic hydroxyl groups is 2. The van der Waals surface area contributed by atoms with Gasteiger partial charge in [0.15, 0.2) is 0 Å². The van der Waals surface area contributed by atoms with Crippen LogP contribution in [0.1, 0.15) is 13.3 Å². The summed E-state index contributed by atoms with van der Waals surface area (Å²) in [5, 5.41) is 16.6. The molecule has 0 spiro atoms. The van der Waals surface area contributed by atoms with Crippen molar-refractivity contribution in [2.24, 2.45) is 0 Å². The average Bonchev–Trinajstić information content (AvgIpc) is 1.35. The van der Waals surface area contributed by atoms with E-state index in [1.165, 1.54) is 0 Å². The highest BCUT2D eigenvalue weighted by atomic mass is 79.9. The topological polar surface area (TPSA) is 75.5 Å². The van der Waals surface area contributed by atoms with Gasteiger partial charge in [-0.3, -0.25) is 0 Å². The summed E-state index contributed by atoms with van der Waals surface area (Å²) in [6, 6.07) is 0. The van der Waals surface area contributed by atoms with E-state index in [2.05, 4.69) is 15.9 Å². The molecule has 0 aliphatic rings. The maximum atomic E-state index is 8.30. The van der Waals surface area contributed by atoms with Crippen LogP contribution in [0.3, 0.4) is 0 Å². The minimum absolute atomic E-state index is 0. The third-order valence-corrected chi connectivity index (χ3v) is 1.01. The highest BCUT2D eigenvalue weighted by molar-refractivity contribution is 9.09. The predicted molar refractivity (Wildman–Crippen MR) is 31.4 cm³/mol. The smallest absolute Gasteiger partial charge is 0.221 e. The molecule has 0 aromatic heterocycles. The second-order valence-corrected chi connectivity index (χ2v) is 2.34. The number of rotatable bonds is 1. The summed E-state index contributed by atoms with van der Waals surface area (Å²) in [6.07, 6.45) is 0.299. The maximum Gasteiger partial charge on any atom is 0.221 e.